The Bertz CT molecular complexity index is 1180. The Balaban J connectivity index is 1.53. The number of hydrogen-bond acceptors (Lipinski definition) is 1. The Hall–Kier alpha value is -2.17. The highest BCUT2D eigenvalue weighted by atomic mass is 79.9. The predicted molar refractivity (Wildman–Crippen MR) is 147 cm³/mol. The lowest BCUT2D eigenvalue weighted by Crippen LogP contribution is -2.27. The summed E-state index contributed by atoms with van der Waals surface area (Å²) in [6.07, 6.45) is 4.52. The van der Waals surface area contributed by atoms with Crippen molar-refractivity contribution in [3.63, 3.8) is 0 Å². The molecular formula is C29H30Br2NO+. The molecule has 1 aliphatic heterocycles. The van der Waals surface area contributed by atoms with Gasteiger partial charge in [-0.1, -0.05) is 86.5 Å². The molecular weight excluding hydrogens is 538 g/mol. The van der Waals surface area contributed by atoms with Crippen LogP contribution in [0, 0.1) is 0 Å². The SMILES string of the molecule is CC[N+]1=C(/C=C/c2ccc([C@@H](Br)[C@H](Br)c3ccc(OC)cc3)cc2)C(C)(C)c2ccccc21. The van der Waals surface area contributed by atoms with Crippen LogP contribution in [0.2, 0.25) is 0 Å². The summed E-state index contributed by atoms with van der Waals surface area (Å²) in [5, 5.41) is 0. The van der Waals surface area contributed by atoms with E-state index < -0.39 is 0 Å². The molecule has 0 bridgehead atoms. The number of halogens is 2. The van der Waals surface area contributed by atoms with Crippen LogP contribution in [0.3, 0.4) is 0 Å². The highest BCUT2D eigenvalue weighted by Gasteiger charge is 2.43. The van der Waals surface area contributed by atoms with Crippen molar-refractivity contribution in [2.24, 2.45) is 0 Å². The van der Waals surface area contributed by atoms with Crippen molar-refractivity contribution in [3.05, 3.63) is 101 Å². The van der Waals surface area contributed by atoms with Gasteiger partial charge < -0.3 is 4.74 Å². The fraction of sp³-hybridized carbons (Fsp3) is 0.276. The number of alkyl halides is 2. The first-order chi connectivity index (χ1) is 15.9. The normalized spacial score (nSPS) is 16.7. The molecule has 3 aromatic rings. The topological polar surface area (TPSA) is 12.2 Å². The van der Waals surface area contributed by atoms with Crippen molar-refractivity contribution in [2.45, 2.75) is 35.8 Å². The van der Waals surface area contributed by atoms with Crippen molar-refractivity contribution in [2.75, 3.05) is 13.7 Å². The van der Waals surface area contributed by atoms with Gasteiger partial charge in [0.1, 0.15) is 12.3 Å². The molecule has 0 N–H and O–H groups in total. The van der Waals surface area contributed by atoms with E-state index in [0.29, 0.717) is 0 Å². The number of allylic oxidation sites excluding steroid dienone is 1. The molecule has 0 amide bonds. The van der Waals surface area contributed by atoms with Gasteiger partial charge in [0.2, 0.25) is 5.69 Å². The third kappa shape index (κ3) is 4.74. The molecule has 33 heavy (non-hydrogen) atoms. The minimum atomic E-state index is -0.00839. The smallest absolute Gasteiger partial charge is 0.209 e. The number of methoxy groups -OCH3 is 1. The minimum Gasteiger partial charge on any atom is -0.497 e. The molecule has 0 aromatic heterocycles. The number of benzene rings is 3. The molecule has 0 saturated carbocycles. The molecule has 4 rings (SSSR count). The maximum absolute atomic E-state index is 5.27. The average molecular weight is 568 g/mol. The van der Waals surface area contributed by atoms with E-state index in [-0.39, 0.29) is 15.1 Å². The van der Waals surface area contributed by atoms with E-state index in [1.807, 2.05) is 12.1 Å². The highest BCUT2D eigenvalue weighted by molar-refractivity contribution is 9.12. The fourth-order valence-electron chi connectivity index (χ4n) is 4.57. The molecule has 0 spiro atoms. The number of rotatable bonds is 7. The van der Waals surface area contributed by atoms with Gasteiger partial charge in [0.15, 0.2) is 5.71 Å². The lowest BCUT2D eigenvalue weighted by atomic mass is 9.81. The molecule has 3 aromatic carbocycles. The first-order valence-electron chi connectivity index (χ1n) is 11.3. The summed E-state index contributed by atoms with van der Waals surface area (Å²) < 4.78 is 7.70. The quantitative estimate of drug-likeness (QED) is 0.206. The second-order valence-corrected chi connectivity index (χ2v) is 10.8. The van der Waals surface area contributed by atoms with Gasteiger partial charge >= 0.3 is 0 Å². The van der Waals surface area contributed by atoms with E-state index >= 15 is 0 Å². The van der Waals surface area contributed by atoms with Gasteiger partial charge in [-0.15, -0.1) is 0 Å². The van der Waals surface area contributed by atoms with E-state index in [1.54, 1.807) is 7.11 Å². The van der Waals surface area contributed by atoms with Crippen molar-refractivity contribution in [1.29, 1.82) is 0 Å². The van der Waals surface area contributed by atoms with Crippen LogP contribution < -0.4 is 4.74 Å². The second-order valence-electron chi connectivity index (χ2n) is 8.85. The largest absolute Gasteiger partial charge is 0.497 e. The van der Waals surface area contributed by atoms with Gasteiger partial charge in [0.25, 0.3) is 0 Å². The number of fused-ring (bicyclic) bond motifs is 1. The first-order valence-corrected chi connectivity index (χ1v) is 13.1. The Labute approximate surface area is 214 Å². The molecule has 2 nitrogen and oxygen atoms in total. The summed E-state index contributed by atoms with van der Waals surface area (Å²) >= 11 is 7.74. The van der Waals surface area contributed by atoms with Gasteiger partial charge in [-0.25, -0.2) is 0 Å². The number of nitrogens with zero attached hydrogens (tertiary/aromatic N) is 1. The van der Waals surface area contributed by atoms with E-state index in [1.165, 1.54) is 33.7 Å². The van der Waals surface area contributed by atoms with Gasteiger partial charge in [-0.05, 0) is 55.7 Å². The molecule has 0 radical (unpaired) electrons. The fourth-order valence-corrected chi connectivity index (χ4v) is 5.79. The molecule has 1 aliphatic rings. The van der Waals surface area contributed by atoms with Gasteiger partial charge in [0.05, 0.1) is 22.2 Å². The summed E-state index contributed by atoms with van der Waals surface area (Å²) in [6.45, 7) is 7.81. The van der Waals surface area contributed by atoms with E-state index in [9.17, 15) is 0 Å². The van der Waals surface area contributed by atoms with Gasteiger partial charge in [-0.3, -0.25) is 0 Å². The van der Waals surface area contributed by atoms with Crippen molar-refractivity contribution in [3.8, 4) is 5.75 Å². The summed E-state index contributed by atoms with van der Waals surface area (Å²) in [4.78, 5) is 0.327. The number of para-hydroxylation sites is 1. The maximum atomic E-state index is 5.27. The third-order valence-corrected chi connectivity index (χ3v) is 9.32. The molecule has 1 heterocycles. The van der Waals surface area contributed by atoms with Crippen molar-refractivity contribution >= 4 is 49.3 Å². The van der Waals surface area contributed by atoms with E-state index in [2.05, 4.69) is 130 Å². The van der Waals surface area contributed by atoms with Crippen molar-refractivity contribution in [1.82, 2.24) is 0 Å². The minimum absolute atomic E-state index is 0.00839. The van der Waals surface area contributed by atoms with E-state index in [4.69, 9.17) is 4.74 Å². The molecule has 170 valence electrons. The second kappa shape index (κ2) is 9.99. The van der Waals surface area contributed by atoms with Crippen LogP contribution in [0.15, 0.2) is 78.9 Å². The van der Waals surface area contributed by atoms with Crippen LogP contribution in [-0.2, 0) is 5.41 Å². The highest BCUT2D eigenvalue weighted by Crippen LogP contribution is 2.43. The molecule has 2 atom stereocenters. The zero-order valence-electron chi connectivity index (χ0n) is 19.6. The number of hydrogen-bond donors (Lipinski definition) is 0. The van der Waals surface area contributed by atoms with E-state index in [0.717, 1.165) is 12.3 Å². The summed E-state index contributed by atoms with van der Waals surface area (Å²) in [7, 11) is 1.69. The van der Waals surface area contributed by atoms with Crippen LogP contribution in [-0.4, -0.2) is 23.9 Å². The Kier molecular flexibility index (Phi) is 7.25. The summed E-state index contributed by atoms with van der Waals surface area (Å²) in [5.41, 5.74) is 7.70. The number of ether oxygens (including phenoxy) is 1. The van der Waals surface area contributed by atoms with Crippen molar-refractivity contribution < 1.29 is 9.31 Å². The zero-order chi connectivity index (χ0) is 23.6. The van der Waals surface area contributed by atoms with Crippen LogP contribution >= 0.6 is 31.9 Å². The van der Waals surface area contributed by atoms with Crippen LogP contribution in [0.1, 0.15) is 52.7 Å². The summed E-state index contributed by atoms with van der Waals surface area (Å²) in [5.74, 6) is 0.869. The maximum Gasteiger partial charge on any atom is 0.209 e. The zero-order valence-corrected chi connectivity index (χ0v) is 22.7. The molecule has 0 saturated heterocycles. The molecule has 0 aliphatic carbocycles. The van der Waals surface area contributed by atoms with Gasteiger partial charge in [0, 0.05) is 17.7 Å². The molecule has 0 fully saturated rings. The van der Waals surface area contributed by atoms with Crippen LogP contribution in [0.4, 0.5) is 5.69 Å². The van der Waals surface area contributed by atoms with Crippen LogP contribution in [0.25, 0.3) is 6.08 Å². The van der Waals surface area contributed by atoms with Crippen LogP contribution in [0.5, 0.6) is 5.75 Å². The summed E-state index contributed by atoms with van der Waals surface area (Å²) in [6, 6.07) is 25.7. The monoisotopic (exact) mass is 566 g/mol. The Morgan fingerprint density at radius 1 is 0.848 bits per heavy atom. The lowest BCUT2D eigenvalue weighted by molar-refractivity contribution is -0.433. The first kappa shape index (κ1) is 24.0. The third-order valence-electron chi connectivity index (χ3n) is 6.50. The Morgan fingerprint density at radius 2 is 1.42 bits per heavy atom. The molecule has 0 unspecified atom stereocenters. The molecule has 4 heteroatoms. The standard InChI is InChI=1S/C29H30Br2NO/c1-5-32-25-9-7-6-8-24(25)29(2,3)26(32)19-12-20-10-13-21(14-11-20)27(30)28(31)22-15-17-23(33-4)18-16-22/h6-19,27-28H,5H2,1-4H3/q+1/b19-12+/t27-,28-/m1/s1. The van der Waals surface area contributed by atoms with Gasteiger partial charge in [-0.2, -0.15) is 4.58 Å². The lowest BCUT2D eigenvalue weighted by Gasteiger charge is -2.18. The predicted octanol–water partition coefficient (Wildman–Crippen LogP) is 8.38. The average Bonchev–Trinajstić information content (AvgIpc) is 3.08. The Morgan fingerprint density at radius 3 is 2.00 bits per heavy atom.